The first-order valence-corrected chi connectivity index (χ1v) is 8.08. The smallest absolute Gasteiger partial charge is 0.249 e. The molecular formula is C10H17N3O3S2. The summed E-state index contributed by atoms with van der Waals surface area (Å²) in [6, 6.07) is 0. The minimum absolute atomic E-state index is 0.108. The summed E-state index contributed by atoms with van der Waals surface area (Å²) < 4.78 is 22.6. The maximum Gasteiger partial charge on any atom is 0.249 e. The van der Waals surface area contributed by atoms with Gasteiger partial charge in [-0.1, -0.05) is 11.3 Å². The van der Waals surface area contributed by atoms with Crippen LogP contribution in [0.3, 0.4) is 0 Å². The third-order valence-electron chi connectivity index (χ3n) is 3.23. The van der Waals surface area contributed by atoms with Crippen LogP contribution in [0.1, 0.15) is 25.0 Å². The zero-order valence-corrected chi connectivity index (χ0v) is 11.8. The van der Waals surface area contributed by atoms with Crippen molar-refractivity contribution < 1.29 is 13.5 Å². The van der Waals surface area contributed by atoms with Crippen molar-refractivity contribution in [1.82, 2.24) is 4.98 Å². The molecule has 1 saturated carbocycles. The van der Waals surface area contributed by atoms with Gasteiger partial charge in [0.1, 0.15) is 0 Å². The molecule has 6 nitrogen and oxygen atoms in total. The number of primary sulfonamides is 1. The van der Waals surface area contributed by atoms with Crippen LogP contribution in [0.15, 0.2) is 4.21 Å². The lowest BCUT2D eigenvalue weighted by Gasteiger charge is -2.13. The van der Waals surface area contributed by atoms with E-state index >= 15 is 0 Å². The van der Waals surface area contributed by atoms with Crippen LogP contribution >= 0.6 is 11.3 Å². The lowest BCUT2D eigenvalue weighted by Crippen LogP contribution is -2.16. The molecule has 1 heterocycles. The highest BCUT2D eigenvalue weighted by atomic mass is 32.2. The van der Waals surface area contributed by atoms with Gasteiger partial charge in [-0.2, -0.15) is 0 Å². The molecule has 0 atom stereocenters. The molecule has 0 saturated heterocycles. The molecule has 0 aromatic carbocycles. The van der Waals surface area contributed by atoms with Gasteiger partial charge in [-0.15, -0.1) is 0 Å². The highest BCUT2D eigenvalue weighted by Gasteiger charge is 2.41. The van der Waals surface area contributed by atoms with E-state index in [0.29, 0.717) is 17.4 Å². The third kappa shape index (κ3) is 3.00. The predicted octanol–water partition coefficient (Wildman–Crippen LogP) is 0.673. The van der Waals surface area contributed by atoms with E-state index in [1.165, 1.54) is 0 Å². The van der Waals surface area contributed by atoms with Crippen LogP contribution in [-0.4, -0.2) is 31.7 Å². The molecule has 0 unspecified atom stereocenters. The maximum absolute atomic E-state index is 11.3. The zero-order chi connectivity index (χ0) is 13.4. The molecule has 0 spiro atoms. The molecule has 1 aromatic heterocycles. The lowest BCUT2D eigenvalue weighted by molar-refractivity contribution is 0.253. The molecule has 0 aliphatic heterocycles. The highest BCUT2D eigenvalue weighted by molar-refractivity contribution is 7.91. The Morgan fingerprint density at radius 3 is 2.67 bits per heavy atom. The second-order valence-electron chi connectivity index (χ2n) is 4.76. The van der Waals surface area contributed by atoms with Gasteiger partial charge in [-0.05, 0) is 31.6 Å². The Morgan fingerprint density at radius 1 is 1.56 bits per heavy atom. The molecule has 0 bridgehead atoms. The number of nitrogens with one attached hydrogen (secondary N) is 1. The first kappa shape index (κ1) is 13.7. The number of thiazole rings is 1. The second kappa shape index (κ2) is 4.76. The Kier molecular flexibility index (Phi) is 3.63. The van der Waals surface area contributed by atoms with E-state index in [1.807, 2.05) is 0 Å². The van der Waals surface area contributed by atoms with E-state index in [-0.39, 0.29) is 16.2 Å². The van der Waals surface area contributed by atoms with Gasteiger partial charge in [0.2, 0.25) is 10.0 Å². The van der Waals surface area contributed by atoms with Gasteiger partial charge >= 0.3 is 0 Å². The Labute approximate surface area is 110 Å². The largest absolute Gasteiger partial charge is 0.396 e. The molecule has 1 aromatic rings. The van der Waals surface area contributed by atoms with Crippen LogP contribution in [0.4, 0.5) is 5.13 Å². The van der Waals surface area contributed by atoms with Gasteiger partial charge in [0.05, 0.1) is 5.69 Å². The first-order valence-electron chi connectivity index (χ1n) is 5.71. The van der Waals surface area contributed by atoms with Crippen LogP contribution in [0, 0.1) is 12.3 Å². The van der Waals surface area contributed by atoms with Crippen molar-refractivity contribution >= 4 is 26.5 Å². The highest BCUT2D eigenvalue weighted by Crippen LogP contribution is 2.48. The summed E-state index contributed by atoms with van der Waals surface area (Å²) in [6.45, 7) is 2.52. The quantitative estimate of drug-likeness (QED) is 0.714. The number of nitrogens with two attached hydrogens (primary N) is 1. The van der Waals surface area contributed by atoms with Crippen molar-refractivity contribution in [3.63, 3.8) is 0 Å². The van der Waals surface area contributed by atoms with Crippen LogP contribution in [0.2, 0.25) is 0 Å². The number of rotatable bonds is 6. The molecule has 0 amide bonds. The van der Waals surface area contributed by atoms with Crippen molar-refractivity contribution in [2.24, 2.45) is 10.6 Å². The average molecular weight is 291 g/mol. The summed E-state index contributed by atoms with van der Waals surface area (Å²) in [5, 5.41) is 17.8. The predicted molar refractivity (Wildman–Crippen MR) is 70.1 cm³/mol. The van der Waals surface area contributed by atoms with Crippen molar-refractivity contribution in [1.29, 1.82) is 0 Å². The molecule has 4 N–H and O–H groups in total. The zero-order valence-electron chi connectivity index (χ0n) is 10.1. The van der Waals surface area contributed by atoms with Crippen molar-refractivity contribution in [2.75, 3.05) is 18.5 Å². The van der Waals surface area contributed by atoms with Crippen LogP contribution in [-0.2, 0) is 10.0 Å². The summed E-state index contributed by atoms with van der Waals surface area (Å²) in [6.07, 6.45) is 2.95. The summed E-state index contributed by atoms with van der Waals surface area (Å²) in [4.78, 5) is 4.15. The number of sulfonamides is 1. The standard InChI is InChI=1S/C10H17N3O3S2/c1-7-8(18(11,15)16)17-9(13-7)12-6-10(2-3-10)4-5-14/h14H,2-6H2,1H3,(H,12,13)(H2,11,15,16). The van der Waals surface area contributed by atoms with E-state index < -0.39 is 10.0 Å². The SMILES string of the molecule is Cc1nc(NCC2(CCO)CC2)sc1S(N)(=O)=O. The van der Waals surface area contributed by atoms with E-state index in [0.717, 1.165) is 30.6 Å². The Hall–Kier alpha value is -0.700. The van der Waals surface area contributed by atoms with E-state index in [4.69, 9.17) is 10.2 Å². The summed E-state index contributed by atoms with van der Waals surface area (Å²) in [5.74, 6) is 0. The van der Waals surface area contributed by atoms with Crippen molar-refractivity contribution in [3.05, 3.63) is 5.69 Å². The minimum atomic E-state index is -3.69. The number of anilines is 1. The fourth-order valence-electron chi connectivity index (χ4n) is 1.91. The number of hydrogen-bond acceptors (Lipinski definition) is 6. The average Bonchev–Trinajstić information content (AvgIpc) is 2.90. The van der Waals surface area contributed by atoms with Crippen LogP contribution in [0.5, 0.6) is 0 Å². The van der Waals surface area contributed by atoms with E-state index in [2.05, 4.69) is 10.3 Å². The number of aromatic nitrogens is 1. The second-order valence-corrected chi connectivity index (χ2v) is 7.52. The lowest BCUT2D eigenvalue weighted by atomic mass is 10.0. The summed E-state index contributed by atoms with van der Waals surface area (Å²) in [5.41, 5.74) is 0.591. The van der Waals surface area contributed by atoms with Crippen molar-refractivity contribution in [2.45, 2.75) is 30.4 Å². The monoisotopic (exact) mass is 291 g/mol. The molecule has 18 heavy (non-hydrogen) atoms. The molecule has 8 heteroatoms. The normalized spacial score (nSPS) is 17.7. The van der Waals surface area contributed by atoms with Gasteiger partial charge in [0, 0.05) is 13.2 Å². The molecule has 102 valence electrons. The van der Waals surface area contributed by atoms with E-state index in [1.54, 1.807) is 6.92 Å². The number of aryl methyl sites for hydroxylation is 1. The third-order valence-corrected chi connectivity index (χ3v) is 5.90. The van der Waals surface area contributed by atoms with Gasteiger partial charge in [-0.3, -0.25) is 0 Å². The Balaban J connectivity index is 2.03. The molecule has 1 fully saturated rings. The van der Waals surface area contributed by atoms with Gasteiger partial charge in [0.25, 0.3) is 0 Å². The fourth-order valence-corrected chi connectivity index (χ4v) is 3.77. The fraction of sp³-hybridized carbons (Fsp3) is 0.700. The number of aliphatic hydroxyl groups is 1. The van der Waals surface area contributed by atoms with Crippen LogP contribution in [0.25, 0.3) is 0 Å². The summed E-state index contributed by atoms with van der Waals surface area (Å²) in [7, 11) is -3.69. The van der Waals surface area contributed by atoms with Crippen LogP contribution < -0.4 is 10.5 Å². The Morgan fingerprint density at radius 2 is 2.22 bits per heavy atom. The number of hydrogen-bond donors (Lipinski definition) is 3. The maximum atomic E-state index is 11.3. The van der Waals surface area contributed by atoms with Gasteiger partial charge in [-0.25, -0.2) is 18.5 Å². The number of nitrogens with zero attached hydrogens (tertiary/aromatic N) is 1. The van der Waals surface area contributed by atoms with Gasteiger partial charge in [0.15, 0.2) is 9.34 Å². The number of aliphatic hydroxyl groups excluding tert-OH is 1. The molecular weight excluding hydrogens is 274 g/mol. The molecule has 1 aliphatic carbocycles. The molecule has 2 rings (SSSR count). The molecule has 0 radical (unpaired) electrons. The Bertz CT molecular complexity index is 535. The van der Waals surface area contributed by atoms with Crippen molar-refractivity contribution in [3.8, 4) is 0 Å². The topological polar surface area (TPSA) is 105 Å². The van der Waals surface area contributed by atoms with Gasteiger partial charge < -0.3 is 10.4 Å². The summed E-state index contributed by atoms with van der Waals surface area (Å²) >= 11 is 1.06. The first-order chi connectivity index (χ1) is 8.36. The van der Waals surface area contributed by atoms with E-state index in [9.17, 15) is 8.42 Å². The minimum Gasteiger partial charge on any atom is -0.396 e. The molecule has 1 aliphatic rings.